The van der Waals surface area contributed by atoms with E-state index in [2.05, 4.69) is 4.90 Å². The van der Waals surface area contributed by atoms with Crippen LogP contribution in [0.25, 0.3) is 0 Å². The molecule has 0 amide bonds. The SMILES string of the molecule is CSCC(CO)(C(=O)O[C@H]1CN2CCC1CC2)c1ccccc1. The molecule has 1 N–H and O–H groups in total. The first-order valence-electron chi connectivity index (χ1n) is 8.28. The number of benzene rings is 1. The van der Waals surface area contributed by atoms with Crippen LogP contribution in [0.2, 0.25) is 0 Å². The fourth-order valence-electron chi connectivity index (χ4n) is 3.76. The van der Waals surface area contributed by atoms with Gasteiger partial charge in [-0.15, -0.1) is 0 Å². The molecule has 0 radical (unpaired) electrons. The molecular weight excluding hydrogens is 310 g/mol. The third kappa shape index (κ3) is 3.28. The van der Waals surface area contributed by atoms with Crippen molar-refractivity contribution < 1.29 is 14.6 Å². The molecule has 0 aromatic heterocycles. The monoisotopic (exact) mass is 335 g/mol. The summed E-state index contributed by atoms with van der Waals surface area (Å²) >= 11 is 1.56. The number of rotatable bonds is 6. The van der Waals surface area contributed by atoms with Gasteiger partial charge in [-0.05, 0) is 43.7 Å². The summed E-state index contributed by atoms with van der Waals surface area (Å²) in [5.41, 5.74) is -0.129. The first-order valence-corrected chi connectivity index (χ1v) is 9.68. The Morgan fingerprint density at radius 3 is 2.57 bits per heavy atom. The molecule has 1 unspecified atom stereocenters. The Morgan fingerprint density at radius 1 is 1.35 bits per heavy atom. The standard InChI is InChI=1S/C18H25NO3S/c1-23-13-18(12-20,15-5-3-2-4-6-15)17(21)22-16-11-19-9-7-14(16)8-10-19/h2-6,14,16,20H,7-13H2,1H3/t16-,18?/m0/s1. The molecule has 126 valence electrons. The summed E-state index contributed by atoms with van der Waals surface area (Å²) in [5, 5.41) is 10.1. The number of fused-ring (bicyclic) bond motifs is 3. The number of hydrogen-bond donors (Lipinski definition) is 1. The maximum Gasteiger partial charge on any atom is 0.320 e. The molecule has 3 aliphatic heterocycles. The smallest absolute Gasteiger partial charge is 0.320 e. The third-order valence-electron chi connectivity index (χ3n) is 5.23. The predicted octanol–water partition coefficient (Wildman–Crippen LogP) is 1.92. The fraction of sp³-hybridized carbons (Fsp3) is 0.611. The average Bonchev–Trinajstić information content (AvgIpc) is 2.61. The lowest BCUT2D eigenvalue weighted by molar-refractivity contribution is -0.166. The number of nitrogens with zero attached hydrogens (tertiary/aromatic N) is 1. The number of carbonyl (C=O) groups excluding carboxylic acids is 1. The van der Waals surface area contributed by atoms with Crippen LogP contribution in [0.3, 0.4) is 0 Å². The van der Waals surface area contributed by atoms with Gasteiger partial charge in [0.25, 0.3) is 0 Å². The van der Waals surface area contributed by atoms with Crippen molar-refractivity contribution in [1.29, 1.82) is 0 Å². The number of thioether (sulfide) groups is 1. The summed E-state index contributed by atoms with van der Waals surface area (Å²) in [6.07, 6.45) is 4.15. The van der Waals surface area contributed by atoms with Crippen LogP contribution in [-0.2, 0) is 14.9 Å². The molecule has 1 aromatic carbocycles. The van der Waals surface area contributed by atoms with Crippen LogP contribution in [0.1, 0.15) is 18.4 Å². The molecule has 2 atom stereocenters. The largest absolute Gasteiger partial charge is 0.460 e. The molecule has 3 heterocycles. The molecule has 1 aromatic rings. The number of piperidine rings is 3. The van der Waals surface area contributed by atoms with Crippen molar-refractivity contribution in [3.63, 3.8) is 0 Å². The van der Waals surface area contributed by atoms with Gasteiger partial charge in [0.15, 0.2) is 0 Å². The lowest BCUT2D eigenvalue weighted by Crippen LogP contribution is -2.54. The highest BCUT2D eigenvalue weighted by molar-refractivity contribution is 7.98. The summed E-state index contributed by atoms with van der Waals surface area (Å²) in [7, 11) is 0. The van der Waals surface area contributed by atoms with Crippen LogP contribution in [0, 0.1) is 5.92 Å². The first kappa shape index (κ1) is 16.8. The Bertz CT molecular complexity index is 530. The minimum absolute atomic E-state index is 0.0264. The van der Waals surface area contributed by atoms with Gasteiger partial charge in [-0.1, -0.05) is 30.3 Å². The topological polar surface area (TPSA) is 49.8 Å². The second-order valence-corrected chi connectivity index (χ2v) is 7.49. The Kier molecular flexibility index (Phi) is 5.29. The van der Waals surface area contributed by atoms with Gasteiger partial charge < -0.3 is 9.84 Å². The quantitative estimate of drug-likeness (QED) is 0.805. The third-order valence-corrected chi connectivity index (χ3v) is 6.01. The van der Waals surface area contributed by atoms with E-state index in [9.17, 15) is 9.90 Å². The molecule has 3 saturated heterocycles. The lowest BCUT2D eigenvalue weighted by atomic mass is 9.82. The molecule has 3 fully saturated rings. The van der Waals surface area contributed by atoms with Crippen molar-refractivity contribution in [3.05, 3.63) is 35.9 Å². The zero-order valence-electron chi connectivity index (χ0n) is 13.6. The fourth-order valence-corrected chi connectivity index (χ4v) is 4.63. The van der Waals surface area contributed by atoms with E-state index >= 15 is 0 Å². The summed E-state index contributed by atoms with van der Waals surface area (Å²) in [6, 6.07) is 9.54. The van der Waals surface area contributed by atoms with E-state index in [0.29, 0.717) is 11.7 Å². The molecule has 23 heavy (non-hydrogen) atoms. The minimum Gasteiger partial charge on any atom is -0.460 e. The number of ether oxygens (including phenoxy) is 1. The van der Waals surface area contributed by atoms with Gasteiger partial charge in [-0.3, -0.25) is 9.69 Å². The molecule has 4 nitrogen and oxygen atoms in total. The Morgan fingerprint density at radius 2 is 2.04 bits per heavy atom. The van der Waals surface area contributed by atoms with Gasteiger partial charge in [-0.2, -0.15) is 11.8 Å². The van der Waals surface area contributed by atoms with Gasteiger partial charge in [0.2, 0.25) is 0 Å². The van der Waals surface area contributed by atoms with Gasteiger partial charge in [0.1, 0.15) is 11.5 Å². The molecule has 0 aliphatic carbocycles. The molecule has 4 rings (SSSR count). The molecule has 5 heteroatoms. The second-order valence-electron chi connectivity index (χ2n) is 6.62. The van der Waals surface area contributed by atoms with Gasteiger partial charge >= 0.3 is 5.97 Å². The number of aliphatic hydroxyl groups excluding tert-OH is 1. The highest BCUT2D eigenvalue weighted by Crippen LogP contribution is 2.34. The van der Waals surface area contributed by atoms with E-state index in [1.165, 1.54) is 0 Å². The Balaban J connectivity index is 1.80. The predicted molar refractivity (Wildman–Crippen MR) is 92.6 cm³/mol. The average molecular weight is 335 g/mol. The van der Waals surface area contributed by atoms with Crippen molar-refractivity contribution in [2.45, 2.75) is 24.4 Å². The zero-order chi connectivity index (χ0) is 16.3. The van der Waals surface area contributed by atoms with Crippen molar-refractivity contribution in [1.82, 2.24) is 4.90 Å². The van der Waals surface area contributed by atoms with Crippen LogP contribution in [0.15, 0.2) is 30.3 Å². The minimum atomic E-state index is -0.966. The maximum atomic E-state index is 13.0. The van der Waals surface area contributed by atoms with E-state index < -0.39 is 5.41 Å². The zero-order valence-corrected chi connectivity index (χ0v) is 14.4. The highest BCUT2D eigenvalue weighted by Gasteiger charge is 2.44. The molecule has 0 spiro atoms. The van der Waals surface area contributed by atoms with E-state index in [1.54, 1.807) is 11.8 Å². The maximum absolute atomic E-state index is 13.0. The Hall–Kier alpha value is -1.04. The number of carbonyl (C=O) groups is 1. The molecule has 3 aliphatic rings. The van der Waals surface area contributed by atoms with Gasteiger partial charge in [-0.25, -0.2) is 0 Å². The second kappa shape index (κ2) is 7.24. The number of esters is 1. The number of aliphatic hydroxyl groups is 1. The highest BCUT2D eigenvalue weighted by atomic mass is 32.2. The van der Waals surface area contributed by atoms with Crippen molar-refractivity contribution >= 4 is 17.7 Å². The van der Waals surface area contributed by atoms with Crippen LogP contribution in [0.4, 0.5) is 0 Å². The van der Waals surface area contributed by atoms with Crippen LogP contribution >= 0.6 is 11.8 Å². The van der Waals surface area contributed by atoms with Crippen LogP contribution in [-0.4, -0.2) is 60.3 Å². The van der Waals surface area contributed by atoms with Gasteiger partial charge in [0, 0.05) is 12.3 Å². The summed E-state index contributed by atoms with van der Waals surface area (Å²) in [4.78, 5) is 15.4. The normalized spacial score (nSPS) is 29.0. The molecule has 0 saturated carbocycles. The van der Waals surface area contributed by atoms with E-state index in [4.69, 9.17) is 4.74 Å². The lowest BCUT2D eigenvalue weighted by Gasteiger charge is -2.45. The first-order chi connectivity index (χ1) is 11.2. The van der Waals surface area contributed by atoms with E-state index in [-0.39, 0.29) is 18.7 Å². The van der Waals surface area contributed by atoms with E-state index in [0.717, 1.165) is 38.0 Å². The summed E-state index contributed by atoms with van der Waals surface area (Å²) < 4.78 is 5.93. The number of hydrogen-bond acceptors (Lipinski definition) is 5. The molecular formula is C18H25NO3S. The van der Waals surface area contributed by atoms with Crippen molar-refractivity contribution in [2.75, 3.05) is 38.2 Å². The summed E-state index contributed by atoms with van der Waals surface area (Å²) in [6.45, 7) is 2.85. The molecule has 2 bridgehead atoms. The van der Waals surface area contributed by atoms with Crippen LogP contribution < -0.4 is 0 Å². The summed E-state index contributed by atoms with van der Waals surface area (Å²) in [5.74, 6) is 0.720. The van der Waals surface area contributed by atoms with Crippen molar-refractivity contribution in [2.24, 2.45) is 5.92 Å². The van der Waals surface area contributed by atoms with Crippen molar-refractivity contribution in [3.8, 4) is 0 Å². The van der Waals surface area contributed by atoms with Crippen LogP contribution in [0.5, 0.6) is 0 Å². The van der Waals surface area contributed by atoms with E-state index in [1.807, 2.05) is 36.6 Å². The Labute approximate surface area is 142 Å². The van der Waals surface area contributed by atoms with Gasteiger partial charge in [0.05, 0.1) is 6.61 Å².